The minimum absolute atomic E-state index is 0.321. The number of carboxylic acids is 1. The molecule has 0 aromatic heterocycles. The van der Waals surface area contributed by atoms with Gasteiger partial charge >= 0.3 is 5.97 Å². The fourth-order valence-corrected chi connectivity index (χ4v) is 1.25. The van der Waals surface area contributed by atoms with Crippen LogP contribution in [0, 0.1) is 0 Å². The molecule has 0 saturated carbocycles. The van der Waals surface area contributed by atoms with E-state index < -0.39 is 5.97 Å². The molecule has 1 aromatic carbocycles. The van der Waals surface area contributed by atoms with Crippen molar-refractivity contribution in [3.63, 3.8) is 0 Å². The van der Waals surface area contributed by atoms with Crippen molar-refractivity contribution in [2.45, 2.75) is 13.3 Å². The van der Waals surface area contributed by atoms with Crippen LogP contribution in [0.25, 0.3) is 0 Å². The number of nitrogens with one attached hydrogen (secondary N) is 1. The molecule has 0 heterocycles. The number of benzene rings is 1. The van der Waals surface area contributed by atoms with Crippen LogP contribution in [-0.2, 0) is 6.42 Å². The number of hydrogen-bond donors (Lipinski definition) is 2. The summed E-state index contributed by atoms with van der Waals surface area (Å²) in [5.41, 5.74) is 2.34. The van der Waals surface area contributed by atoms with Crippen LogP contribution in [-0.4, -0.2) is 18.1 Å². The first kappa shape index (κ1) is 9.58. The third kappa shape index (κ3) is 1.99. The number of aryl methyl sites for hydroxylation is 1. The molecule has 0 spiro atoms. The second-order valence-corrected chi connectivity index (χ2v) is 2.78. The van der Waals surface area contributed by atoms with Crippen molar-refractivity contribution in [2.24, 2.45) is 0 Å². The van der Waals surface area contributed by atoms with Gasteiger partial charge in [0.2, 0.25) is 0 Å². The third-order valence-corrected chi connectivity index (χ3v) is 2.01. The van der Waals surface area contributed by atoms with Crippen molar-refractivity contribution in [1.82, 2.24) is 0 Å². The zero-order valence-electron chi connectivity index (χ0n) is 7.79. The lowest BCUT2D eigenvalue weighted by atomic mass is 10.1. The third-order valence-electron chi connectivity index (χ3n) is 2.01. The van der Waals surface area contributed by atoms with Gasteiger partial charge in [0.05, 0.1) is 5.56 Å². The fourth-order valence-electron chi connectivity index (χ4n) is 1.25. The average molecular weight is 179 g/mol. The lowest BCUT2D eigenvalue weighted by Crippen LogP contribution is -2.00. The lowest BCUT2D eigenvalue weighted by Gasteiger charge is -2.07. The molecule has 0 aliphatic heterocycles. The molecule has 0 bridgehead atoms. The van der Waals surface area contributed by atoms with Crippen molar-refractivity contribution in [1.29, 1.82) is 0 Å². The highest BCUT2D eigenvalue weighted by molar-refractivity contribution is 5.89. The van der Waals surface area contributed by atoms with E-state index in [1.54, 1.807) is 19.2 Å². The summed E-state index contributed by atoms with van der Waals surface area (Å²) in [6, 6.07) is 5.12. The van der Waals surface area contributed by atoms with Gasteiger partial charge in [-0.2, -0.15) is 0 Å². The average Bonchev–Trinajstić information content (AvgIpc) is 2.16. The van der Waals surface area contributed by atoms with Gasteiger partial charge < -0.3 is 10.4 Å². The van der Waals surface area contributed by atoms with Gasteiger partial charge in [-0.25, -0.2) is 4.79 Å². The van der Waals surface area contributed by atoms with Gasteiger partial charge in [-0.15, -0.1) is 0 Å². The molecule has 3 heteroatoms. The summed E-state index contributed by atoms with van der Waals surface area (Å²) in [7, 11) is 1.79. The Hall–Kier alpha value is -1.51. The normalized spacial score (nSPS) is 9.69. The summed E-state index contributed by atoms with van der Waals surface area (Å²) in [6.07, 6.45) is 0.899. The van der Waals surface area contributed by atoms with Gasteiger partial charge in [0.25, 0.3) is 0 Å². The highest BCUT2D eigenvalue weighted by Gasteiger charge is 2.05. The Labute approximate surface area is 77.4 Å². The van der Waals surface area contributed by atoms with E-state index in [9.17, 15) is 4.79 Å². The van der Waals surface area contributed by atoms with Crippen molar-refractivity contribution < 1.29 is 9.90 Å². The van der Waals surface area contributed by atoms with Gasteiger partial charge in [-0.3, -0.25) is 0 Å². The molecule has 0 aliphatic rings. The van der Waals surface area contributed by atoms with E-state index in [0.29, 0.717) is 5.56 Å². The van der Waals surface area contributed by atoms with E-state index in [2.05, 4.69) is 5.32 Å². The van der Waals surface area contributed by atoms with Crippen LogP contribution >= 0.6 is 0 Å². The standard InChI is InChI=1S/C10H13NO2/c1-3-7-4-5-8(10(12)13)6-9(7)11-2/h4-6,11H,3H2,1-2H3,(H,12,13). The number of hydrogen-bond acceptors (Lipinski definition) is 2. The second kappa shape index (κ2) is 3.94. The van der Waals surface area contributed by atoms with E-state index in [-0.39, 0.29) is 0 Å². The predicted octanol–water partition coefficient (Wildman–Crippen LogP) is 1.99. The number of rotatable bonds is 3. The Kier molecular flexibility index (Phi) is 2.90. The van der Waals surface area contributed by atoms with Crippen LogP contribution in [0.5, 0.6) is 0 Å². The highest BCUT2D eigenvalue weighted by atomic mass is 16.4. The first-order chi connectivity index (χ1) is 6.19. The van der Waals surface area contributed by atoms with E-state index in [4.69, 9.17) is 5.11 Å². The monoisotopic (exact) mass is 179 g/mol. The van der Waals surface area contributed by atoms with E-state index in [1.165, 1.54) is 0 Å². The maximum atomic E-state index is 10.6. The van der Waals surface area contributed by atoms with Crippen LogP contribution in [0.3, 0.4) is 0 Å². The molecule has 0 aliphatic carbocycles. The second-order valence-electron chi connectivity index (χ2n) is 2.78. The summed E-state index contributed by atoms with van der Waals surface area (Å²) in [5.74, 6) is -0.890. The largest absolute Gasteiger partial charge is 0.478 e. The molecule has 1 rings (SSSR count). The Morgan fingerprint density at radius 2 is 2.23 bits per heavy atom. The zero-order valence-corrected chi connectivity index (χ0v) is 7.79. The smallest absolute Gasteiger partial charge is 0.335 e. The van der Waals surface area contributed by atoms with Gasteiger partial charge in [-0.05, 0) is 24.1 Å². The van der Waals surface area contributed by atoms with Crippen molar-refractivity contribution >= 4 is 11.7 Å². The molecule has 1 aromatic rings. The minimum Gasteiger partial charge on any atom is -0.478 e. The summed E-state index contributed by atoms with van der Waals surface area (Å²) in [5, 5.41) is 11.7. The summed E-state index contributed by atoms with van der Waals surface area (Å²) in [6.45, 7) is 2.04. The van der Waals surface area contributed by atoms with Crippen LogP contribution in [0.2, 0.25) is 0 Å². The number of aromatic carboxylic acids is 1. The molecule has 0 radical (unpaired) electrons. The zero-order chi connectivity index (χ0) is 9.84. The minimum atomic E-state index is -0.890. The fraction of sp³-hybridized carbons (Fsp3) is 0.300. The van der Waals surface area contributed by atoms with E-state index in [1.807, 2.05) is 13.0 Å². The van der Waals surface area contributed by atoms with Gasteiger partial charge in [0, 0.05) is 12.7 Å². The highest BCUT2D eigenvalue weighted by Crippen LogP contribution is 2.17. The Morgan fingerprint density at radius 1 is 1.54 bits per heavy atom. The topological polar surface area (TPSA) is 49.3 Å². The molecular formula is C10H13NO2. The molecule has 0 unspecified atom stereocenters. The first-order valence-corrected chi connectivity index (χ1v) is 4.23. The molecular weight excluding hydrogens is 166 g/mol. The van der Waals surface area contributed by atoms with Crippen molar-refractivity contribution in [3.05, 3.63) is 29.3 Å². The quantitative estimate of drug-likeness (QED) is 0.746. The van der Waals surface area contributed by atoms with Crippen LogP contribution in [0.1, 0.15) is 22.8 Å². The lowest BCUT2D eigenvalue weighted by molar-refractivity contribution is 0.0697. The van der Waals surface area contributed by atoms with Crippen LogP contribution in [0.15, 0.2) is 18.2 Å². The molecule has 2 N–H and O–H groups in total. The summed E-state index contributed by atoms with van der Waals surface area (Å²) in [4.78, 5) is 10.6. The Balaban J connectivity index is 3.13. The van der Waals surface area contributed by atoms with Crippen molar-refractivity contribution in [3.8, 4) is 0 Å². The van der Waals surface area contributed by atoms with Crippen LogP contribution < -0.4 is 5.32 Å². The Morgan fingerprint density at radius 3 is 2.69 bits per heavy atom. The molecule has 0 saturated heterocycles. The molecule has 0 amide bonds. The molecule has 70 valence electrons. The molecule has 13 heavy (non-hydrogen) atoms. The SMILES string of the molecule is CCc1ccc(C(=O)O)cc1NC. The summed E-state index contributed by atoms with van der Waals surface area (Å²) < 4.78 is 0. The van der Waals surface area contributed by atoms with E-state index >= 15 is 0 Å². The summed E-state index contributed by atoms with van der Waals surface area (Å²) >= 11 is 0. The van der Waals surface area contributed by atoms with Crippen LogP contribution in [0.4, 0.5) is 5.69 Å². The molecule has 0 fully saturated rings. The van der Waals surface area contributed by atoms with E-state index in [0.717, 1.165) is 17.7 Å². The van der Waals surface area contributed by atoms with Gasteiger partial charge in [-0.1, -0.05) is 13.0 Å². The van der Waals surface area contributed by atoms with Crippen molar-refractivity contribution in [2.75, 3.05) is 12.4 Å². The maximum absolute atomic E-state index is 10.6. The number of anilines is 1. The maximum Gasteiger partial charge on any atom is 0.335 e. The first-order valence-electron chi connectivity index (χ1n) is 4.23. The predicted molar refractivity (Wildman–Crippen MR) is 52.3 cm³/mol. The Bertz CT molecular complexity index is 321. The molecule has 3 nitrogen and oxygen atoms in total. The number of carboxylic acid groups (broad SMARTS) is 1. The van der Waals surface area contributed by atoms with Gasteiger partial charge in [0.1, 0.15) is 0 Å². The van der Waals surface area contributed by atoms with Gasteiger partial charge in [0.15, 0.2) is 0 Å². The molecule has 0 atom stereocenters. The number of carbonyl (C=O) groups is 1.